The van der Waals surface area contributed by atoms with Crippen LogP contribution in [0, 0.1) is 5.82 Å². The van der Waals surface area contributed by atoms with Gasteiger partial charge >= 0.3 is 0 Å². The standard InChI is InChI=1S/C21H20FN3O/c1-2-25(15-16-8-4-3-5-9-16)17-12-13-20(23-14-17)21(26)24-19-11-7-6-10-18(19)22/h3-14H,2,15H2,1H3,(H,24,26). The van der Waals surface area contributed by atoms with Crippen molar-refractivity contribution in [3.05, 3.63) is 90.0 Å². The summed E-state index contributed by atoms with van der Waals surface area (Å²) in [5.74, 6) is -0.912. The first-order chi connectivity index (χ1) is 12.7. The van der Waals surface area contributed by atoms with E-state index < -0.39 is 11.7 Å². The van der Waals surface area contributed by atoms with Crippen molar-refractivity contribution >= 4 is 17.3 Å². The number of halogens is 1. The molecule has 1 amide bonds. The summed E-state index contributed by atoms with van der Waals surface area (Å²) in [6.45, 7) is 3.65. The maximum atomic E-state index is 13.6. The second-order valence-corrected chi connectivity index (χ2v) is 5.84. The van der Waals surface area contributed by atoms with Crippen LogP contribution >= 0.6 is 0 Å². The van der Waals surface area contributed by atoms with Gasteiger partial charge in [-0.3, -0.25) is 4.79 Å². The first-order valence-electron chi connectivity index (χ1n) is 8.48. The number of benzene rings is 2. The number of aromatic nitrogens is 1. The molecule has 0 fully saturated rings. The third-order valence-electron chi connectivity index (χ3n) is 4.07. The monoisotopic (exact) mass is 349 g/mol. The minimum absolute atomic E-state index is 0.141. The van der Waals surface area contributed by atoms with Gasteiger partial charge in [0.2, 0.25) is 0 Å². The second kappa shape index (κ2) is 8.25. The van der Waals surface area contributed by atoms with Crippen LogP contribution in [0.1, 0.15) is 23.0 Å². The van der Waals surface area contributed by atoms with Crippen molar-refractivity contribution in [3.8, 4) is 0 Å². The Bertz CT molecular complexity index is 866. The number of para-hydroxylation sites is 1. The fourth-order valence-electron chi connectivity index (χ4n) is 2.65. The number of pyridine rings is 1. The van der Waals surface area contributed by atoms with Crippen LogP contribution in [0.25, 0.3) is 0 Å². The maximum absolute atomic E-state index is 13.6. The highest BCUT2D eigenvalue weighted by molar-refractivity contribution is 6.03. The van der Waals surface area contributed by atoms with Crippen LogP contribution in [0.4, 0.5) is 15.8 Å². The molecule has 0 spiro atoms. The van der Waals surface area contributed by atoms with Gasteiger partial charge < -0.3 is 10.2 Å². The number of anilines is 2. The molecule has 5 heteroatoms. The maximum Gasteiger partial charge on any atom is 0.274 e. The first kappa shape index (κ1) is 17.6. The molecular formula is C21H20FN3O. The normalized spacial score (nSPS) is 10.4. The van der Waals surface area contributed by atoms with Crippen molar-refractivity contribution in [2.24, 2.45) is 0 Å². The number of amides is 1. The zero-order chi connectivity index (χ0) is 18.4. The molecule has 2 aromatic carbocycles. The molecule has 0 aliphatic carbocycles. The summed E-state index contributed by atoms with van der Waals surface area (Å²) in [7, 11) is 0. The summed E-state index contributed by atoms with van der Waals surface area (Å²) in [6, 6.07) is 19.7. The first-order valence-corrected chi connectivity index (χ1v) is 8.48. The van der Waals surface area contributed by atoms with E-state index in [9.17, 15) is 9.18 Å². The zero-order valence-electron chi connectivity index (χ0n) is 14.5. The average molecular weight is 349 g/mol. The molecule has 0 saturated heterocycles. The van der Waals surface area contributed by atoms with Crippen molar-refractivity contribution in [2.45, 2.75) is 13.5 Å². The highest BCUT2D eigenvalue weighted by Crippen LogP contribution is 2.18. The molecule has 26 heavy (non-hydrogen) atoms. The van der Waals surface area contributed by atoms with Gasteiger partial charge in [0.25, 0.3) is 5.91 Å². The van der Waals surface area contributed by atoms with E-state index in [1.165, 1.54) is 17.7 Å². The molecule has 0 aliphatic rings. The largest absolute Gasteiger partial charge is 0.366 e. The van der Waals surface area contributed by atoms with Gasteiger partial charge in [-0.2, -0.15) is 0 Å². The molecule has 1 N–H and O–H groups in total. The van der Waals surface area contributed by atoms with Crippen LogP contribution in [0.5, 0.6) is 0 Å². The number of carbonyl (C=O) groups excluding carboxylic acids is 1. The van der Waals surface area contributed by atoms with Gasteiger partial charge in [-0.05, 0) is 36.8 Å². The van der Waals surface area contributed by atoms with Crippen LogP contribution in [0.3, 0.4) is 0 Å². The summed E-state index contributed by atoms with van der Waals surface area (Å²) in [5.41, 5.74) is 2.52. The predicted molar refractivity (Wildman–Crippen MR) is 102 cm³/mol. The van der Waals surface area contributed by atoms with Gasteiger partial charge in [-0.25, -0.2) is 9.37 Å². The molecule has 1 heterocycles. The lowest BCUT2D eigenvalue weighted by atomic mass is 10.2. The minimum atomic E-state index is -0.475. The summed E-state index contributed by atoms with van der Waals surface area (Å²) >= 11 is 0. The molecular weight excluding hydrogens is 329 g/mol. The zero-order valence-corrected chi connectivity index (χ0v) is 14.5. The van der Waals surface area contributed by atoms with Gasteiger partial charge in [-0.1, -0.05) is 42.5 Å². The number of nitrogens with zero attached hydrogens (tertiary/aromatic N) is 2. The van der Waals surface area contributed by atoms with Crippen LogP contribution in [-0.4, -0.2) is 17.4 Å². The molecule has 0 bridgehead atoms. The molecule has 3 rings (SSSR count). The quantitative estimate of drug-likeness (QED) is 0.713. The second-order valence-electron chi connectivity index (χ2n) is 5.84. The van der Waals surface area contributed by atoms with Crippen molar-refractivity contribution in [3.63, 3.8) is 0 Å². The van der Waals surface area contributed by atoms with Crippen molar-refractivity contribution in [1.82, 2.24) is 4.98 Å². The lowest BCUT2D eigenvalue weighted by molar-refractivity contribution is 0.102. The van der Waals surface area contributed by atoms with Gasteiger partial charge in [0.1, 0.15) is 11.5 Å². The van der Waals surface area contributed by atoms with Crippen LogP contribution in [0.2, 0.25) is 0 Å². The van der Waals surface area contributed by atoms with Crippen molar-refractivity contribution in [2.75, 3.05) is 16.8 Å². The van der Waals surface area contributed by atoms with Crippen LogP contribution in [0.15, 0.2) is 72.9 Å². The fourth-order valence-corrected chi connectivity index (χ4v) is 2.65. The number of nitrogens with one attached hydrogen (secondary N) is 1. The summed E-state index contributed by atoms with van der Waals surface area (Å²) in [5, 5.41) is 2.54. The van der Waals surface area contributed by atoms with Crippen molar-refractivity contribution < 1.29 is 9.18 Å². The Labute approximate surface area is 152 Å². The Balaban J connectivity index is 1.70. The minimum Gasteiger partial charge on any atom is -0.366 e. The van der Waals surface area contributed by atoms with Gasteiger partial charge in [0.05, 0.1) is 17.6 Å². The van der Waals surface area contributed by atoms with Gasteiger partial charge in [0.15, 0.2) is 0 Å². The van der Waals surface area contributed by atoms with E-state index in [1.807, 2.05) is 24.3 Å². The highest BCUT2D eigenvalue weighted by atomic mass is 19.1. The van der Waals surface area contributed by atoms with E-state index >= 15 is 0 Å². The molecule has 132 valence electrons. The predicted octanol–water partition coefficient (Wildman–Crippen LogP) is 4.50. The lowest BCUT2D eigenvalue weighted by Crippen LogP contribution is -2.22. The molecule has 0 radical (unpaired) electrons. The summed E-state index contributed by atoms with van der Waals surface area (Å²) in [6.07, 6.45) is 1.67. The van der Waals surface area contributed by atoms with E-state index in [2.05, 4.69) is 34.3 Å². The lowest BCUT2D eigenvalue weighted by Gasteiger charge is -2.23. The third kappa shape index (κ3) is 4.25. The molecule has 4 nitrogen and oxygen atoms in total. The Morgan fingerprint density at radius 2 is 1.77 bits per heavy atom. The fraction of sp³-hybridized carbons (Fsp3) is 0.143. The molecule has 3 aromatic rings. The Morgan fingerprint density at radius 3 is 2.42 bits per heavy atom. The SMILES string of the molecule is CCN(Cc1ccccc1)c1ccc(C(=O)Nc2ccccc2F)nc1. The number of carbonyl (C=O) groups is 1. The molecule has 1 aromatic heterocycles. The average Bonchev–Trinajstić information content (AvgIpc) is 2.69. The topological polar surface area (TPSA) is 45.2 Å². The van der Waals surface area contributed by atoms with E-state index in [4.69, 9.17) is 0 Å². The summed E-state index contributed by atoms with van der Waals surface area (Å²) in [4.78, 5) is 18.7. The molecule has 0 aliphatic heterocycles. The number of hydrogen-bond acceptors (Lipinski definition) is 3. The summed E-state index contributed by atoms with van der Waals surface area (Å²) < 4.78 is 13.6. The van der Waals surface area contributed by atoms with E-state index in [1.54, 1.807) is 24.4 Å². The van der Waals surface area contributed by atoms with Crippen molar-refractivity contribution in [1.29, 1.82) is 0 Å². The van der Waals surface area contributed by atoms with Crippen LogP contribution in [-0.2, 0) is 6.54 Å². The van der Waals surface area contributed by atoms with E-state index in [-0.39, 0.29) is 11.4 Å². The highest BCUT2D eigenvalue weighted by Gasteiger charge is 2.12. The van der Waals surface area contributed by atoms with E-state index in [0.29, 0.717) is 0 Å². The Hall–Kier alpha value is -3.21. The number of rotatable bonds is 6. The molecule has 0 saturated carbocycles. The van der Waals surface area contributed by atoms with E-state index in [0.717, 1.165) is 18.8 Å². The number of hydrogen-bond donors (Lipinski definition) is 1. The van der Waals surface area contributed by atoms with Gasteiger partial charge in [-0.15, -0.1) is 0 Å². The van der Waals surface area contributed by atoms with Gasteiger partial charge in [0, 0.05) is 13.1 Å². The third-order valence-corrected chi connectivity index (χ3v) is 4.07. The Kier molecular flexibility index (Phi) is 5.59. The Morgan fingerprint density at radius 1 is 1.04 bits per heavy atom. The smallest absolute Gasteiger partial charge is 0.274 e. The molecule has 0 atom stereocenters. The van der Waals surface area contributed by atoms with Crippen LogP contribution < -0.4 is 10.2 Å². The molecule has 0 unspecified atom stereocenters.